The van der Waals surface area contributed by atoms with Crippen LogP contribution in [0.3, 0.4) is 0 Å². The molecule has 0 atom stereocenters. The summed E-state index contributed by atoms with van der Waals surface area (Å²) < 4.78 is 29.1. The van der Waals surface area contributed by atoms with Crippen molar-refractivity contribution in [3.8, 4) is 11.8 Å². The number of Topliss-reactive ketones (excluding diaryl/α,β-unsaturated/α-hetero) is 1. The average molecular weight is 315 g/mol. The van der Waals surface area contributed by atoms with Gasteiger partial charge < -0.3 is 4.18 Å². The first-order valence-corrected chi connectivity index (χ1v) is 7.99. The molecule has 2 rings (SSSR count). The van der Waals surface area contributed by atoms with E-state index in [0.717, 1.165) is 0 Å². The van der Waals surface area contributed by atoms with Gasteiger partial charge in [-0.1, -0.05) is 24.3 Å². The summed E-state index contributed by atoms with van der Waals surface area (Å²) in [6.45, 7) is 1.39. The minimum absolute atomic E-state index is 0.0872. The molecule has 2 aromatic carbocycles. The predicted molar refractivity (Wildman–Crippen MR) is 80.9 cm³/mol. The lowest BCUT2D eigenvalue weighted by Gasteiger charge is -2.08. The Morgan fingerprint density at radius 2 is 1.91 bits per heavy atom. The van der Waals surface area contributed by atoms with Crippen molar-refractivity contribution in [2.45, 2.75) is 12.7 Å². The fraction of sp³-hybridized carbons (Fsp3) is 0.125. The highest BCUT2D eigenvalue weighted by Crippen LogP contribution is 2.18. The second-order valence-electron chi connectivity index (χ2n) is 4.68. The van der Waals surface area contributed by atoms with Crippen LogP contribution in [0.4, 0.5) is 0 Å². The quantitative estimate of drug-likeness (QED) is 0.625. The van der Waals surface area contributed by atoms with Crippen LogP contribution in [0.5, 0.6) is 5.75 Å². The number of rotatable bonds is 5. The molecule has 0 aliphatic heterocycles. The van der Waals surface area contributed by atoms with Gasteiger partial charge in [-0.05, 0) is 36.8 Å². The molecule has 0 aliphatic rings. The highest BCUT2D eigenvalue weighted by Gasteiger charge is 2.15. The van der Waals surface area contributed by atoms with E-state index in [-0.39, 0.29) is 17.3 Å². The van der Waals surface area contributed by atoms with Crippen molar-refractivity contribution in [1.82, 2.24) is 0 Å². The zero-order chi connectivity index (χ0) is 16.2. The zero-order valence-electron chi connectivity index (χ0n) is 11.8. The van der Waals surface area contributed by atoms with Gasteiger partial charge in [0, 0.05) is 5.56 Å². The van der Waals surface area contributed by atoms with Gasteiger partial charge in [-0.25, -0.2) is 0 Å². The molecule has 0 bridgehead atoms. The molecule has 0 spiro atoms. The molecule has 2 aromatic rings. The summed E-state index contributed by atoms with van der Waals surface area (Å²) in [6, 6.07) is 14.2. The first kappa shape index (κ1) is 15.7. The molecule has 0 radical (unpaired) electrons. The van der Waals surface area contributed by atoms with Crippen LogP contribution < -0.4 is 4.18 Å². The fourth-order valence-corrected chi connectivity index (χ4v) is 2.92. The van der Waals surface area contributed by atoms with Crippen molar-refractivity contribution in [2.24, 2.45) is 0 Å². The van der Waals surface area contributed by atoms with Gasteiger partial charge in [0.25, 0.3) is 0 Å². The Kier molecular flexibility index (Phi) is 4.59. The molecule has 0 amide bonds. The molecular weight excluding hydrogens is 302 g/mol. The number of benzene rings is 2. The molecule has 6 heteroatoms. The maximum Gasteiger partial charge on any atom is 0.313 e. The van der Waals surface area contributed by atoms with E-state index in [9.17, 15) is 13.2 Å². The second-order valence-corrected chi connectivity index (χ2v) is 6.25. The fourth-order valence-electron chi connectivity index (χ4n) is 1.88. The highest BCUT2D eigenvalue weighted by molar-refractivity contribution is 7.86. The molecule has 0 unspecified atom stereocenters. The Balaban J connectivity index is 2.19. The molecule has 0 saturated heterocycles. The summed E-state index contributed by atoms with van der Waals surface area (Å²) in [7, 11) is -3.88. The Labute approximate surface area is 128 Å². The lowest BCUT2D eigenvalue weighted by Crippen LogP contribution is -2.12. The third kappa shape index (κ3) is 4.17. The lowest BCUT2D eigenvalue weighted by atomic mass is 10.1. The maximum absolute atomic E-state index is 12.1. The Bertz CT molecular complexity index is 850. The molecule has 22 heavy (non-hydrogen) atoms. The topological polar surface area (TPSA) is 84.2 Å². The number of carbonyl (C=O) groups excluding carboxylic acids is 1. The average Bonchev–Trinajstić information content (AvgIpc) is 2.46. The van der Waals surface area contributed by atoms with Crippen LogP contribution >= 0.6 is 0 Å². The first-order chi connectivity index (χ1) is 10.4. The summed E-state index contributed by atoms with van der Waals surface area (Å²) >= 11 is 0. The third-order valence-corrected chi connectivity index (χ3v) is 4.00. The monoisotopic (exact) mass is 315 g/mol. The van der Waals surface area contributed by atoms with Gasteiger partial charge in [0.15, 0.2) is 5.78 Å². The van der Waals surface area contributed by atoms with Gasteiger partial charge in [-0.15, -0.1) is 0 Å². The molecule has 0 aromatic heterocycles. The number of nitriles is 1. The number of carbonyl (C=O) groups is 1. The number of hydrogen-bond acceptors (Lipinski definition) is 5. The van der Waals surface area contributed by atoms with Crippen molar-refractivity contribution in [3.05, 3.63) is 65.2 Å². The van der Waals surface area contributed by atoms with E-state index in [2.05, 4.69) is 0 Å². The van der Waals surface area contributed by atoms with Crippen LogP contribution in [0.1, 0.15) is 28.4 Å². The summed E-state index contributed by atoms with van der Waals surface area (Å²) in [5.74, 6) is -0.444. The number of nitrogens with zero attached hydrogens (tertiary/aromatic N) is 1. The molecule has 112 valence electrons. The van der Waals surface area contributed by atoms with E-state index in [0.29, 0.717) is 16.7 Å². The smallest absolute Gasteiger partial charge is 0.313 e. The van der Waals surface area contributed by atoms with E-state index in [1.807, 2.05) is 6.07 Å². The van der Waals surface area contributed by atoms with Gasteiger partial charge in [-0.3, -0.25) is 4.79 Å². The van der Waals surface area contributed by atoms with E-state index in [1.54, 1.807) is 30.3 Å². The van der Waals surface area contributed by atoms with Crippen LogP contribution in [0.2, 0.25) is 0 Å². The van der Waals surface area contributed by atoms with Gasteiger partial charge in [0.2, 0.25) is 0 Å². The lowest BCUT2D eigenvalue weighted by molar-refractivity contribution is 0.101. The molecule has 0 heterocycles. The largest absolute Gasteiger partial charge is 0.382 e. The minimum atomic E-state index is -3.88. The maximum atomic E-state index is 12.1. The standard InChI is InChI=1S/C16H13NO4S/c1-12(18)15-6-3-7-16(9-15)21-22(19,20)11-14-5-2-4-13(8-14)10-17/h2-9H,11H2,1H3. The number of ketones is 1. The Hall–Kier alpha value is -2.65. The zero-order valence-corrected chi connectivity index (χ0v) is 12.6. The van der Waals surface area contributed by atoms with E-state index < -0.39 is 10.1 Å². The van der Waals surface area contributed by atoms with E-state index in [1.165, 1.54) is 25.1 Å². The molecule has 0 fully saturated rings. The SMILES string of the molecule is CC(=O)c1cccc(OS(=O)(=O)Cc2cccc(C#N)c2)c1. The Morgan fingerprint density at radius 3 is 2.59 bits per heavy atom. The van der Waals surface area contributed by atoms with Gasteiger partial charge in [0.1, 0.15) is 11.5 Å². The first-order valence-electron chi connectivity index (χ1n) is 6.42. The van der Waals surface area contributed by atoms with Crippen molar-refractivity contribution in [3.63, 3.8) is 0 Å². The minimum Gasteiger partial charge on any atom is -0.382 e. The van der Waals surface area contributed by atoms with E-state index >= 15 is 0 Å². The summed E-state index contributed by atoms with van der Waals surface area (Å²) in [5.41, 5.74) is 1.22. The number of hydrogen-bond donors (Lipinski definition) is 0. The van der Waals surface area contributed by atoms with Crippen molar-refractivity contribution in [2.75, 3.05) is 0 Å². The Morgan fingerprint density at radius 1 is 1.18 bits per heavy atom. The molecule has 5 nitrogen and oxygen atoms in total. The van der Waals surface area contributed by atoms with Crippen LogP contribution in [0.15, 0.2) is 48.5 Å². The van der Waals surface area contributed by atoms with Gasteiger partial charge >= 0.3 is 10.1 Å². The molecule has 0 saturated carbocycles. The molecular formula is C16H13NO4S. The van der Waals surface area contributed by atoms with Crippen LogP contribution in [0.25, 0.3) is 0 Å². The van der Waals surface area contributed by atoms with E-state index in [4.69, 9.17) is 9.44 Å². The summed E-state index contributed by atoms with van der Waals surface area (Å²) in [5, 5.41) is 8.82. The molecule has 0 N–H and O–H groups in total. The summed E-state index contributed by atoms with van der Waals surface area (Å²) in [4.78, 5) is 11.3. The van der Waals surface area contributed by atoms with Crippen molar-refractivity contribution < 1.29 is 17.4 Å². The van der Waals surface area contributed by atoms with Crippen LogP contribution in [0, 0.1) is 11.3 Å². The summed E-state index contributed by atoms with van der Waals surface area (Å²) in [6.07, 6.45) is 0. The van der Waals surface area contributed by atoms with Crippen molar-refractivity contribution >= 4 is 15.9 Å². The van der Waals surface area contributed by atoms with Gasteiger partial charge in [-0.2, -0.15) is 13.7 Å². The normalized spacial score (nSPS) is 10.7. The predicted octanol–water partition coefficient (Wildman–Crippen LogP) is 2.67. The van der Waals surface area contributed by atoms with Crippen LogP contribution in [-0.2, 0) is 15.9 Å². The van der Waals surface area contributed by atoms with Crippen LogP contribution in [-0.4, -0.2) is 14.2 Å². The second kappa shape index (κ2) is 6.41. The molecule has 0 aliphatic carbocycles. The third-order valence-electron chi connectivity index (χ3n) is 2.86. The highest BCUT2D eigenvalue weighted by atomic mass is 32.2. The van der Waals surface area contributed by atoms with Crippen molar-refractivity contribution in [1.29, 1.82) is 5.26 Å². The van der Waals surface area contributed by atoms with Gasteiger partial charge in [0.05, 0.1) is 11.6 Å².